The molecule has 2 unspecified atom stereocenters. The topological polar surface area (TPSA) is 32.3 Å². The van der Waals surface area contributed by atoms with Crippen LogP contribution in [0.3, 0.4) is 0 Å². The van der Waals surface area contributed by atoms with Gasteiger partial charge in [-0.2, -0.15) is 0 Å². The van der Waals surface area contributed by atoms with Crippen molar-refractivity contribution in [1.82, 2.24) is 5.32 Å². The number of hydrogen-bond acceptors (Lipinski definition) is 3. The van der Waals surface area contributed by atoms with Crippen molar-refractivity contribution in [2.45, 2.75) is 49.3 Å². The average molecular weight is 302 g/mol. The molecule has 1 rings (SSSR count). The van der Waals surface area contributed by atoms with Crippen LogP contribution in [0.1, 0.15) is 33.6 Å². The van der Waals surface area contributed by atoms with E-state index in [1.165, 1.54) is 4.90 Å². The fraction of sp³-hybridized carbons (Fsp3) is 0.600. The fourth-order valence-corrected chi connectivity index (χ4v) is 3.59. The summed E-state index contributed by atoms with van der Waals surface area (Å²) in [4.78, 5) is 1.18. The number of thioether (sulfide) groups is 1. The van der Waals surface area contributed by atoms with Gasteiger partial charge in [0.15, 0.2) is 0 Å². The molecule has 0 fully saturated rings. The summed E-state index contributed by atoms with van der Waals surface area (Å²) in [5.74, 6) is 0. The minimum Gasteiger partial charge on any atom is -0.394 e. The minimum atomic E-state index is -0.207. The van der Waals surface area contributed by atoms with Crippen molar-refractivity contribution in [1.29, 1.82) is 0 Å². The highest BCUT2D eigenvalue weighted by Crippen LogP contribution is 2.30. The van der Waals surface area contributed by atoms with E-state index in [1.54, 1.807) is 11.8 Å². The molecule has 0 heterocycles. The quantitative estimate of drug-likeness (QED) is 0.713. The standard InChI is InChI=1S/C15H24ClNOS/c1-4-8-17-15(3,11-18)10-12(2)19-14-7-5-6-13(16)9-14/h5-7,9,12,17-18H,4,8,10-11H2,1-3H3. The molecule has 0 aliphatic rings. The molecule has 4 heteroatoms. The molecule has 0 aromatic heterocycles. The fourth-order valence-electron chi connectivity index (χ4n) is 2.07. The first-order chi connectivity index (χ1) is 8.99. The van der Waals surface area contributed by atoms with Crippen LogP contribution in [0.4, 0.5) is 0 Å². The molecular weight excluding hydrogens is 278 g/mol. The lowest BCUT2D eigenvalue weighted by molar-refractivity contribution is 0.166. The van der Waals surface area contributed by atoms with Crippen molar-refractivity contribution < 1.29 is 5.11 Å². The molecule has 0 aliphatic carbocycles. The lowest BCUT2D eigenvalue weighted by atomic mass is 9.97. The molecule has 0 aliphatic heterocycles. The van der Waals surface area contributed by atoms with Crippen LogP contribution in [0.5, 0.6) is 0 Å². The van der Waals surface area contributed by atoms with Crippen LogP contribution in [0, 0.1) is 0 Å². The van der Waals surface area contributed by atoms with Crippen LogP contribution in [0.2, 0.25) is 5.02 Å². The Morgan fingerprint density at radius 2 is 2.21 bits per heavy atom. The maximum absolute atomic E-state index is 9.58. The second-order valence-corrected chi connectivity index (χ2v) is 7.18. The van der Waals surface area contributed by atoms with Crippen LogP contribution in [0.25, 0.3) is 0 Å². The zero-order valence-corrected chi connectivity index (χ0v) is 13.5. The Morgan fingerprint density at radius 1 is 1.47 bits per heavy atom. The van der Waals surface area contributed by atoms with Gasteiger partial charge in [0.2, 0.25) is 0 Å². The first-order valence-corrected chi connectivity index (χ1v) is 8.03. The van der Waals surface area contributed by atoms with Crippen molar-refractivity contribution in [2.75, 3.05) is 13.2 Å². The van der Waals surface area contributed by atoms with Gasteiger partial charge in [0.05, 0.1) is 6.61 Å². The predicted molar refractivity (Wildman–Crippen MR) is 85.2 cm³/mol. The van der Waals surface area contributed by atoms with Gasteiger partial charge in [0, 0.05) is 20.7 Å². The van der Waals surface area contributed by atoms with Crippen molar-refractivity contribution >= 4 is 23.4 Å². The number of rotatable bonds is 8. The zero-order chi connectivity index (χ0) is 14.3. The third-order valence-electron chi connectivity index (χ3n) is 3.02. The van der Waals surface area contributed by atoms with Gasteiger partial charge in [-0.15, -0.1) is 11.8 Å². The normalized spacial score (nSPS) is 16.1. The number of hydrogen-bond donors (Lipinski definition) is 2. The Balaban J connectivity index is 2.55. The first-order valence-electron chi connectivity index (χ1n) is 6.77. The monoisotopic (exact) mass is 301 g/mol. The van der Waals surface area contributed by atoms with Gasteiger partial charge in [-0.1, -0.05) is 31.5 Å². The molecule has 1 aromatic rings. The van der Waals surface area contributed by atoms with Crippen LogP contribution in [0.15, 0.2) is 29.2 Å². The Kier molecular flexibility index (Phi) is 7.22. The lowest BCUT2D eigenvalue weighted by Crippen LogP contribution is -2.47. The number of nitrogens with one attached hydrogen (secondary N) is 1. The summed E-state index contributed by atoms with van der Waals surface area (Å²) in [6.45, 7) is 7.50. The second-order valence-electron chi connectivity index (χ2n) is 5.24. The Morgan fingerprint density at radius 3 is 2.79 bits per heavy atom. The molecule has 2 atom stereocenters. The first kappa shape index (κ1) is 16.8. The summed E-state index contributed by atoms with van der Waals surface area (Å²) in [5.41, 5.74) is -0.207. The number of benzene rings is 1. The number of halogens is 1. The van der Waals surface area contributed by atoms with Gasteiger partial charge in [-0.3, -0.25) is 0 Å². The Bertz CT molecular complexity index is 388. The molecule has 0 bridgehead atoms. The molecule has 19 heavy (non-hydrogen) atoms. The smallest absolute Gasteiger partial charge is 0.0611 e. The molecule has 108 valence electrons. The molecule has 0 radical (unpaired) electrons. The van der Waals surface area contributed by atoms with Crippen LogP contribution < -0.4 is 5.32 Å². The summed E-state index contributed by atoms with van der Waals surface area (Å²) in [6.07, 6.45) is 1.99. The van der Waals surface area contributed by atoms with E-state index < -0.39 is 0 Å². The van der Waals surface area contributed by atoms with Crippen LogP contribution in [-0.2, 0) is 0 Å². The van der Waals surface area contributed by atoms with E-state index >= 15 is 0 Å². The number of aliphatic hydroxyl groups is 1. The van der Waals surface area contributed by atoms with E-state index in [9.17, 15) is 5.11 Å². The molecule has 2 N–H and O–H groups in total. The summed E-state index contributed by atoms with van der Waals surface area (Å²) in [7, 11) is 0. The zero-order valence-electron chi connectivity index (χ0n) is 11.9. The van der Waals surface area contributed by atoms with E-state index in [-0.39, 0.29) is 12.1 Å². The summed E-state index contributed by atoms with van der Waals surface area (Å²) in [5, 5.41) is 14.2. The second kappa shape index (κ2) is 8.15. The summed E-state index contributed by atoms with van der Waals surface area (Å²) >= 11 is 7.79. The molecular formula is C15H24ClNOS. The van der Waals surface area contributed by atoms with E-state index in [2.05, 4.69) is 32.2 Å². The predicted octanol–water partition coefficient (Wildman–Crippen LogP) is 3.96. The minimum absolute atomic E-state index is 0.160. The highest BCUT2D eigenvalue weighted by Gasteiger charge is 2.25. The molecule has 0 spiro atoms. The van der Waals surface area contributed by atoms with Crippen molar-refractivity contribution in [3.05, 3.63) is 29.3 Å². The van der Waals surface area contributed by atoms with Gasteiger partial charge < -0.3 is 10.4 Å². The van der Waals surface area contributed by atoms with Gasteiger partial charge in [-0.25, -0.2) is 0 Å². The maximum Gasteiger partial charge on any atom is 0.0611 e. The Labute approximate surface area is 125 Å². The van der Waals surface area contributed by atoms with E-state index in [0.29, 0.717) is 5.25 Å². The largest absolute Gasteiger partial charge is 0.394 e. The SMILES string of the molecule is CCCNC(C)(CO)CC(C)Sc1cccc(Cl)c1. The third-order valence-corrected chi connectivity index (χ3v) is 4.35. The van der Waals surface area contributed by atoms with E-state index in [0.717, 1.165) is 24.4 Å². The third kappa shape index (κ3) is 6.17. The summed E-state index contributed by atoms with van der Waals surface area (Å²) in [6, 6.07) is 7.91. The van der Waals surface area contributed by atoms with Gasteiger partial charge in [-0.05, 0) is 44.5 Å². The van der Waals surface area contributed by atoms with E-state index in [4.69, 9.17) is 11.6 Å². The van der Waals surface area contributed by atoms with Crippen LogP contribution in [-0.4, -0.2) is 29.0 Å². The molecule has 0 saturated carbocycles. The van der Waals surface area contributed by atoms with Gasteiger partial charge in [0.1, 0.15) is 0 Å². The highest BCUT2D eigenvalue weighted by atomic mass is 35.5. The molecule has 0 amide bonds. The van der Waals surface area contributed by atoms with Crippen molar-refractivity contribution in [3.63, 3.8) is 0 Å². The molecule has 0 saturated heterocycles. The lowest BCUT2D eigenvalue weighted by Gasteiger charge is -2.31. The Hall–Kier alpha value is -0.220. The number of aliphatic hydroxyl groups excluding tert-OH is 1. The summed E-state index contributed by atoms with van der Waals surface area (Å²) < 4.78 is 0. The van der Waals surface area contributed by atoms with Crippen molar-refractivity contribution in [2.24, 2.45) is 0 Å². The van der Waals surface area contributed by atoms with Crippen LogP contribution >= 0.6 is 23.4 Å². The van der Waals surface area contributed by atoms with Crippen molar-refractivity contribution in [3.8, 4) is 0 Å². The average Bonchev–Trinajstić information content (AvgIpc) is 2.36. The highest BCUT2D eigenvalue weighted by molar-refractivity contribution is 8.00. The van der Waals surface area contributed by atoms with E-state index in [1.807, 2.05) is 18.2 Å². The molecule has 2 nitrogen and oxygen atoms in total. The van der Waals surface area contributed by atoms with Gasteiger partial charge in [0.25, 0.3) is 0 Å². The maximum atomic E-state index is 9.58. The molecule has 1 aromatic carbocycles. The van der Waals surface area contributed by atoms with Gasteiger partial charge >= 0.3 is 0 Å².